The zero-order chi connectivity index (χ0) is 9.40. The molecule has 0 amide bonds. The van der Waals surface area contributed by atoms with Gasteiger partial charge >= 0.3 is 5.97 Å². The van der Waals surface area contributed by atoms with Crippen LogP contribution in [0.2, 0.25) is 0 Å². The third-order valence-electron chi connectivity index (χ3n) is 0.857. The largest absolute Gasteiger partial charge is 0.508 e. The number of carbonyl (C=O) groups is 2. The molecule has 13 heavy (non-hydrogen) atoms. The first-order valence-corrected chi connectivity index (χ1v) is 3.09. The van der Waals surface area contributed by atoms with E-state index < -0.39 is 5.97 Å². The summed E-state index contributed by atoms with van der Waals surface area (Å²) in [5, 5.41) is 16.0. The minimum absolute atomic E-state index is 0. The number of aldehydes is 1. The Morgan fingerprint density at radius 1 is 1.23 bits per heavy atom. The summed E-state index contributed by atoms with van der Waals surface area (Å²) >= 11 is 0. The fourth-order valence-corrected chi connectivity index (χ4v) is 0.428. The molecule has 5 nitrogen and oxygen atoms in total. The molecule has 0 fully saturated rings. The third kappa shape index (κ3) is 10.1. The second-order valence-electron chi connectivity index (χ2n) is 1.79. The van der Waals surface area contributed by atoms with Gasteiger partial charge in [-0.25, -0.2) is 4.79 Å². The molecule has 0 spiro atoms. The summed E-state index contributed by atoms with van der Waals surface area (Å²) in [6.07, 6.45) is -0.167. The molecule has 0 aliphatic rings. The Balaban J connectivity index is 0. The highest BCUT2D eigenvalue weighted by Crippen LogP contribution is 2.02. The number of rotatable bonds is 1. The molecule has 0 heterocycles. The van der Waals surface area contributed by atoms with Crippen LogP contribution in [0.5, 0.6) is 5.75 Å². The molecule has 1 aromatic rings. The van der Waals surface area contributed by atoms with Crippen molar-refractivity contribution in [2.75, 3.05) is 0 Å². The van der Waals surface area contributed by atoms with Crippen LogP contribution in [0.1, 0.15) is 0 Å². The van der Waals surface area contributed by atoms with E-state index in [-0.39, 0.29) is 12.4 Å². The van der Waals surface area contributed by atoms with Crippen molar-refractivity contribution < 1.29 is 19.8 Å². The monoisotopic (exact) mass is 185 g/mol. The highest BCUT2D eigenvalue weighted by molar-refractivity contribution is 6.19. The fraction of sp³-hybridized carbons (Fsp3) is 0. The van der Waals surface area contributed by atoms with Crippen LogP contribution < -0.4 is 6.15 Å². The Morgan fingerprint density at radius 3 is 1.77 bits per heavy atom. The minimum Gasteiger partial charge on any atom is -0.508 e. The molecule has 0 saturated heterocycles. The van der Waals surface area contributed by atoms with Gasteiger partial charge in [0.2, 0.25) is 6.29 Å². The number of aromatic hydroxyl groups is 1. The smallest absolute Gasteiger partial charge is 0.368 e. The van der Waals surface area contributed by atoms with Crippen LogP contribution in [0.25, 0.3) is 0 Å². The number of hydrogen-bond acceptors (Lipinski definition) is 4. The van der Waals surface area contributed by atoms with Gasteiger partial charge in [0.05, 0.1) is 0 Å². The average molecular weight is 185 g/mol. The maximum absolute atomic E-state index is 9.00. The van der Waals surface area contributed by atoms with Crippen LogP contribution >= 0.6 is 0 Å². The number of para-hydroxylation sites is 1. The molecule has 0 bridgehead atoms. The summed E-state index contributed by atoms with van der Waals surface area (Å²) in [6.45, 7) is 0. The molecule has 0 saturated carbocycles. The molecule has 5 N–H and O–H groups in total. The predicted octanol–water partition coefficient (Wildman–Crippen LogP) is 0.824. The molecule has 0 unspecified atom stereocenters. The van der Waals surface area contributed by atoms with E-state index >= 15 is 0 Å². The number of aliphatic carboxylic acids is 1. The van der Waals surface area contributed by atoms with Crippen LogP contribution in [-0.2, 0) is 9.59 Å². The molecule has 0 aliphatic carbocycles. The van der Waals surface area contributed by atoms with Crippen molar-refractivity contribution in [1.82, 2.24) is 6.15 Å². The number of phenols is 1. The van der Waals surface area contributed by atoms with E-state index in [1.54, 1.807) is 24.3 Å². The summed E-state index contributed by atoms with van der Waals surface area (Å²) in [4.78, 5) is 17.9. The van der Waals surface area contributed by atoms with Gasteiger partial charge in [0.1, 0.15) is 5.75 Å². The number of phenolic OH excluding ortho intramolecular Hbond substituents is 1. The quantitative estimate of drug-likeness (QED) is 0.443. The van der Waals surface area contributed by atoms with E-state index in [2.05, 4.69) is 0 Å². The van der Waals surface area contributed by atoms with Gasteiger partial charge in [0.15, 0.2) is 0 Å². The Hall–Kier alpha value is -1.88. The number of carbonyl (C=O) groups excluding carboxylic acids is 1. The molecule has 0 aromatic heterocycles. The highest BCUT2D eigenvalue weighted by atomic mass is 16.4. The molecular formula is C8H11NO4. The molecule has 72 valence electrons. The van der Waals surface area contributed by atoms with E-state index in [0.29, 0.717) is 5.75 Å². The summed E-state index contributed by atoms with van der Waals surface area (Å²) < 4.78 is 0. The molecule has 1 rings (SSSR count). The number of carboxylic acid groups (broad SMARTS) is 1. The van der Waals surface area contributed by atoms with Crippen molar-refractivity contribution in [2.24, 2.45) is 0 Å². The van der Waals surface area contributed by atoms with E-state index in [4.69, 9.17) is 19.8 Å². The lowest BCUT2D eigenvalue weighted by Gasteiger charge is -1.82. The topological polar surface area (TPSA) is 110 Å². The van der Waals surface area contributed by atoms with Crippen molar-refractivity contribution in [3.63, 3.8) is 0 Å². The first kappa shape index (κ1) is 13.7. The van der Waals surface area contributed by atoms with Gasteiger partial charge in [0, 0.05) is 0 Å². The summed E-state index contributed by atoms with van der Waals surface area (Å²) in [5.74, 6) is -1.10. The van der Waals surface area contributed by atoms with Crippen LogP contribution in [0, 0.1) is 0 Å². The van der Waals surface area contributed by atoms with Gasteiger partial charge in [-0.15, -0.1) is 0 Å². The van der Waals surface area contributed by atoms with Crippen LogP contribution in [0.4, 0.5) is 0 Å². The van der Waals surface area contributed by atoms with Crippen LogP contribution in [-0.4, -0.2) is 22.5 Å². The van der Waals surface area contributed by atoms with Gasteiger partial charge < -0.3 is 16.4 Å². The van der Waals surface area contributed by atoms with Crippen molar-refractivity contribution >= 4 is 12.3 Å². The lowest BCUT2D eigenvalue weighted by atomic mass is 10.3. The average Bonchev–Trinajstić information content (AvgIpc) is 2.07. The highest BCUT2D eigenvalue weighted by Gasteiger charge is 1.80. The Bertz CT molecular complexity index is 248. The number of benzene rings is 1. The number of carboxylic acids is 1. The molecule has 0 atom stereocenters. The maximum atomic E-state index is 9.00. The van der Waals surface area contributed by atoms with Gasteiger partial charge in [-0.1, -0.05) is 18.2 Å². The van der Waals surface area contributed by atoms with Crippen LogP contribution in [0.15, 0.2) is 30.3 Å². The number of hydrogen-bond donors (Lipinski definition) is 3. The first-order valence-electron chi connectivity index (χ1n) is 3.09. The third-order valence-corrected chi connectivity index (χ3v) is 0.857. The van der Waals surface area contributed by atoms with Gasteiger partial charge in [-0.3, -0.25) is 4.79 Å². The molecule has 0 radical (unpaired) electrons. The van der Waals surface area contributed by atoms with Gasteiger partial charge in [-0.05, 0) is 12.1 Å². The fourth-order valence-electron chi connectivity index (χ4n) is 0.428. The molecule has 5 heteroatoms. The summed E-state index contributed by atoms with van der Waals surface area (Å²) in [7, 11) is 0. The van der Waals surface area contributed by atoms with Gasteiger partial charge in [0.25, 0.3) is 0 Å². The molecular weight excluding hydrogens is 174 g/mol. The second kappa shape index (κ2) is 8.22. The lowest BCUT2D eigenvalue weighted by Crippen LogP contribution is -1.91. The van der Waals surface area contributed by atoms with E-state index in [1.165, 1.54) is 0 Å². The Morgan fingerprint density at radius 2 is 1.62 bits per heavy atom. The van der Waals surface area contributed by atoms with Crippen LogP contribution in [0.3, 0.4) is 0 Å². The van der Waals surface area contributed by atoms with Crippen molar-refractivity contribution in [1.29, 1.82) is 0 Å². The molecule has 0 aliphatic heterocycles. The normalized spacial score (nSPS) is 7.08. The van der Waals surface area contributed by atoms with Crippen molar-refractivity contribution in [3.8, 4) is 5.75 Å². The molecule has 1 aromatic carbocycles. The maximum Gasteiger partial charge on any atom is 0.368 e. The standard InChI is InChI=1S/C6H6O.C2H2O3.H3N/c7-6-4-2-1-3-5-6;3-1-2(4)5;/h1-5,7H;1H,(H,4,5);1H3. The van der Waals surface area contributed by atoms with Crippen molar-refractivity contribution in [3.05, 3.63) is 30.3 Å². The summed E-state index contributed by atoms with van der Waals surface area (Å²) in [5.41, 5.74) is 0. The van der Waals surface area contributed by atoms with E-state index in [0.717, 1.165) is 0 Å². The summed E-state index contributed by atoms with van der Waals surface area (Å²) in [6, 6.07) is 8.71. The minimum atomic E-state index is -1.43. The Labute approximate surface area is 75.2 Å². The second-order valence-corrected chi connectivity index (χ2v) is 1.79. The van der Waals surface area contributed by atoms with Crippen molar-refractivity contribution in [2.45, 2.75) is 0 Å². The van der Waals surface area contributed by atoms with Gasteiger partial charge in [-0.2, -0.15) is 0 Å². The first-order chi connectivity index (χ1) is 5.66. The van der Waals surface area contributed by atoms with E-state index in [1.807, 2.05) is 6.07 Å². The zero-order valence-corrected chi connectivity index (χ0v) is 6.88. The Kier molecular flexibility index (Phi) is 8.66. The lowest BCUT2D eigenvalue weighted by molar-refractivity contribution is -0.143. The van der Waals surface area contributed by atoms with E-state index in [9.17, 15) is 0 Å². The predicted molar refractivity (Wildman–Crippen MR) is 46.8 cm³/mol. The SMILES string of the molecule is N.O=CC(=O)O.Oc1ccccc1. The zero-order valence-electron chi connectivity index (χ0n) is 6.88.